The number of carbonyl (C=O) groups excluding carboxylic acids is 2. The lowest BCUT2D eigenvalue weighted by molar-refractivity contribution is -0.124. The van der Waals surface area contributed by atoms with Gasteiger partial charge in [-0.1, -0.05) is 17.3 Å². The van der Waals surface area contributed by atoms with E-state index in [1.165, 1.54) is 0 Å². The Kier molecular flexibility index (Phi) is 6.37. The van der Waals surface area contributed by atoms with E-state index in [2.05, 4.69) is 20.7 Å². The molecule has 0 saturated carbocycles. The van der Waals surface area contributed by atoms with Crippen LogP contribution in [0.2, 0.25) is 0 Å². The lowest BCUT2D eigenvalue weighted by Crippen LogP contribution is -2.47. The van der Waals surface area contributed by atoms with Gasteiger partial charge in [0.15, 0.2) is 11.5 Å². The molecule has 0 unspecified atom stereocenters. The van der Waals surface area contributed by atoms with Crippen LogP contribution in [0.1, 0.15) is 16.1 Å². The number of nitrogens with zero attached hydrogens (tertiary/aromatic N) is 2. The van der Waals surface area contributed by atoms with Crippen molar-refractivity contribution in [3.63, 3.8) is 0 Å². The number of hydrogen-bond acceptors (Lipinski definition) is 7. The summed E-state index contributed by atoms with van der Waals surface area (Å²) in [4.78, 5) is 26.4. The summed E-state index contributed by atoms with van der Waals surface area (Å²) in [6.07, 6.45) is 0. The summed E-state index contributed by atoms with van der Waals surface area (Å²) in [6.45, 7) is 2.42. The number of hydrogen-bond donors (Lipinski definition) is 2. The van der Waals surface area contributed by atoms with Crippen LogP contribution in [0.15, 0.2) is 53.1 Å². The second kappa shape index (κ2) is 9.52. The van der Waals surface area contributed by atoms with E-state index in [0.29, 0.717) is 48.1 Å². The fourth-order valence-electron chi connectivity index (χ4n) is 3.54. The first-order valence-corrected chi connectivity index (χ1v) is 10.1. The highest BCUT2D eigenvalue weighted by molar-refractivity contribution is 6.03. The van der Waals surface area contributed by atoms with Crippen molar-refractivity contribution in [1.82, 2.24) is 15.4 Å². The number of methoxy groups -OCH3 is 2. The Balaban J connectivity index is 1.46. The van der Waals surface area contributed by atoms with Gasteiger partial charge in [0, 0.05) is 31.4 Å². The first kappa shape index (κ1) is 21.4. The van der Waals surface area contributed by atoms with Crippen molar-refractivity contribution in [2.75, 3.05) is 39.2 Å². The number of benzene rings is 2. The molecule has 3 aromatic rings. The third kappa shape index (κ3) is 4.89. The minimum atomic E-state index is -0.392. The van der Waals surface area contributed by atoms with Crippen molar-refractivity contribution in [3.8, 4) is 22.8 Å². The molecule has 0 spiro atoms. The molecule has 1 aromatic heterocycles. The number of piperazine rings is 1. The molecule has 2 aromatic carbocycles. The molecule has 32 heavy (non-hydrogen) atoms. The number of ether oxygens (including phenoxy) is 2. The van der Waals surface area contributed by atoms with Gasteiger partial charge in [0.05, 0.1) is 26.3 Å². The van der Waals surface area contributed by atoms with Crippen molar-refractivity contribution < 1.29 is 23.6 Å². The fourth-order valence-corrected chi connectivity index (χ4v) is 3.54. The molecule has 2 N–H and O–H groups in total. The van der Waals surface area contributed by atoms with Gasteiger partial charge in [0.2, 0.25) is 5.91 Å². The highest BCUT2D eigenvalue weighted by Gasteiger charge is 2.19. The van der Waals surface area contributed by atoms with Crippen LogP contribution in [-0.4, -0.2) is 55.7 Å². The Labute approximate surface area is 185 Å². The summed E-state index contributed by atoms with van der Waals surface area (Å²) in [6, 6.07) is 14.4. The number of amides is 2. The van der Waals surface area contributed by atoms with Gasteiger partial charge in [0.25, 0.3) is 5.91 Å². The van der Waals surface area contributed by atoms with Crippen LogP contribution < -0.4 is 20.1 Å². The summed E-state index contributed by atoms with van der Waals surface area (Å²) < 4.78 is 16.0. The Bertz CT molecular complexity index is 1130. The highest BCUT2D eigenvalue weighted by Crippen LogP contribution is 2.33. The normalized spacial score (nSPS) is 14.0. The van der Waals surface area contributed by atoms with Gasteiger partial charge >= 0.3 is 0 Å². The number of anilines is 1. The van der Waals surface area contributed by atoms with Crippen molar-refractivity contribution in [2.24, 2.45) is 0 Å². The van der Waals surface area contributed by atoms with Crippen LogP contribution in [0, 0.1) is 0 Å². The molecule has 0 aliphatic carbocycles. The van der Waals surface area contributed by atoms with Gasteiger partial charge < -0.3 is 24.6 Å². The van der Waals surface area contributed by atoms with Crippen molar-refractivity contribution >= 4 is 17.5 Å². The zero-order valence-corrected chi connectivity index (χ0v) is 17.9. The predicted molar refractivity (Wildman–Crippen MR) is 118 cm³/mol. The summed E-state index contributed by atoms with van der Waals surface area (Å²) in [5.74, 6) is 1.23. The quantitative estimate of drug-likeness (QED) is 0.586. The number of aromatic nitrogens is 1. The molecule has 2 amide bonds. The number of rotatable bonds is 7. The van der Waals surface area contributed by atoms with E-state index >= 15 is 0 Å². The lowest BCUT2D eigenvalue weighted by Gasteiger charge is -2.26. The SMILES string of the molecule is COc1ccc(OC)c(-c2cc(C(=O)Nc3cccc(CN4CCNC(=O)C4)c3)no2)c1. The van der Waals surface area contributed by atoms with Crippen LogP contribution in [-0.2, 0) is 11.3 Å². The molecule has 2 heterocycles. The average molecular weight is 436 g/mol. The minimum absolute atomic E-state index is 0.0233. The molecule has 0 atom stereocenters. The third-order valence-corrected chi connectivity index (χ3v) is 5.12. The van der Waals surface area contributed by atoms with Crippen molar-refractivity contribution in [3.05, 3.63) is 59.8 Å². The monoisotopic (exact) mass is 436 g/mol. The van der Waals surface area contributed by atoms with E-state index in [-0.39, 0.29) is 11.6 Å². The smallest absolute Gasteiger partial charge is 0.277 e. The second-order valence-electron chi connectivity index (χ2n) is 7.36. The summed E-state index contributed by atoms with van der Waals surface area (Å²) >= 11 is 0. The molecule has 9 heteroatoms. The zero-order chi connectivity index (χ0) is 22.5. The Morgan fingerprint density at radius 2 is 2.06 bits per heavy atom. The van der Waals surface area contributed by atoms with E-state index in [1.54, 1.807) is 44.6 Å². The molecule has 1 aliphatic rings. The topological polar surface area (TPSA) is 106 Å². The third-order valence-electron chi connectivity index (χ3n) is 5.12. The molecule has 1 aliphatic heterocycles. The van der Waals surface area contributed by atoms with Gasteiger partial charge in [-0.25, -0.2) is 0 Å². The van der Waals surface area contributed by atoms with Gasteiger partial charge in [0.1, 0.15) is 11.5 Å². The Hall–Kier alpha value is -3.85. The molecule has 9 nitrogen and oxygen atoms in total. The zero-order valence-electron chi connectivity index (χ0n) is 17.9. The van der Waals surface area contributed by atoms with E-state index in [0.717, 1.165) is 12.1 Å². The summed E-state index contributed by atoms with van der Waals surface area (Å²) in [5, 5.41) is 9.57. The number of nitrogens with one attached hydrogen (secondary N) is 2. The van der Waals surface area contributed by atoms with E-state index in [1.807, 2.05) is 18.2 Å². The predicted octanol–water partition coefficient (Wildman–Crippen LogP) is 2.54. The maximum absolute atomic E-state index is 12.7. The van der Waals surface area contributed by atoms with Gasteiger partial charge in [-0.05, 0) is 35.9 Å². The molecule has 4 rings (SSSR count). The van der Waals surface area contributed by atoms with E-state index in [4.69, 9.17) is 14.0 Å². The maximum Gasteiger partial charge on any atom is 0.277 e. The molecule has 1 saturated heterocycles. The number of carbonyl (C=O) groups is 2. The first-order chi connectivity index (χ1) is 15.6. The molecule has 1 fully saturated rings. The fraction of sp³-hybridized carbons (Fsp3) is 0.261. The summed E-state index contributed by atoms with van der Waals surface area (Å²) in [5.41, 5.74) is 2.41. The Morgan fingerprint density at radius 3 is 2.84 bits per heavy atom. The van der Waals surface area contributed by atoms with Gasteiger partial charge in [-0.15, -0.1) is 0 Å². The van der Waals surface area contributed by atoms with Crippen LogP contribution in [0.5, 0.6) is 11.5 Å². The lowest BCUT2D eigenvalue weighted by atomic mass is 10.1. The molecule has 0 bridgehead atoms. The molecular weight excluding hydrogens is 412 g/mol. The van der Waals surface area contributed by atoms with Crippen LogP contribution >= 0.6 is 0 Å². The minimum Gasteiger partial charge on any atom is -0.497 e. The average Bonchev–Trinajstić information content (AvgIpc) is 3.29. The van der Waals surface area contributed by atoms with Crippen LogP contribution in [0.4, 0.5) is 5.69 Å². The van der Waals surface area contributed by atoms with E-state index < -0.39 is 5.91 Å². The van der Waals surface area contributed by atoms with Gasteiger partial charge in [-0.2, -0.15) is 0 Å². The Morgan fingerprint density at radius 1 is 1.19 bits per heavy atom. The molecule has 0 radical (unpaired) electrons. The largest absolute Gasteiger partial charge is 0.497 e. The molecular formula is C23H24N4O5. The second-order valence-corrected chi connectivity index (χ2v) is 7.36. The highest BCUT2D eigenvalue weighted by atomic mass is 16.5. The van der Waals surface area contributed by atoms with Gasteiger partial charge in [-0.3, -0.25) is 14.5 Å². The van der Waals surface area contributed by atoms with Crippen molar-refractivity contribution in [1.29, 1.82) is 0 Å². The maximum atomic E-state index is 12.7. The van der Waals surface area contributed by atoms with Crippen molar-refractivity contribution in [2.45, 2.75) is 6.54 Å². The first-order valence-electron chi connectivity index (χ1n) is 10.1. The standard InChI is InChI=1S/C23H24N4O5/c1-30-17-6-7-20(31-2)18(11-17)21-12-19(26-32-21)23(29)25-16-5-3-4-15(10-16)13-27-9-8-24-22(28)14-27/h3-7,10-12H,8-9,13-14H2,1-2H3,(H,24,28)(H,25,29). The summed E-state index contributed by atoms with van der Waals surface area (Å²) in [7, 11) is 3.12. The van der Waals surface area contributed by atoms with Crippen LogP contribution in [0.25, 0.3) is 11.3 Å². The van der Waals surface area contributed by atoms with E-state index in [9.17, 15) is 9.59 Å². The van der Waals surface area contributed by atoms with Crippen LogP contribution in [0.3, 0.4) is 0 Å². The molecule has 166 valence electrons.